The zero-order chi connectivity index (χ0) is 21.9. The highest BCUT2D eigenvalue weighted by atomic mass is 32.1. The molecule has 162 valence electrons. The van der Waals surface area contributed by atoms with Crippen molar-refractivity contribution in [3.63, 3.8) is 0 Å². The number of carbonyl (C=O) groups excluding carboxylic acids is 1. The minimum absolute atomic E-state index is 0.0193. The zero-order valence-electron chi connectivity index (χ0n) is 17.3. The van der Waals surface area contributed by atoms with Gasteiger partial charge in [0.2, 0.25) is 5.91 Å². The van der Waals surface area contributed by atoms with E-state index in [-0.39, 0.29) is 11.8 Å². The number of thiazole rings is 1. The molecule has 1 N–H and O–H groups in total. The molecule has 0 atom stereocenters. The van der Waals surface area contributed by atoms with Gasteiger partial charge in [0.25, 0.3) is 0 Å². The summed E-state index contributed by atoms with van der Waals surface area (Å²) in [5.74, 6) is 2.14. The molecule has 0 spiro atoms. The van der Waals surface area contributed by atoms with E-state index in [4.69, 9.17) is 4.74 Å². The normalized spacial score (nSPS) is 13.6. The number of benzene rings is 1. The van der Waals surface area contributed by atoms with Gasteiger partial charge in [-0.25, -0.2) is 24.6 Å². The Bertz CT molecular complexity index is 1200. The lowest BCUT2D eigenvalue weighted by Gasteiger charge is -2.39. The van der Waals surface area contributed by atoms with E-state index in [1.165, 1.54) is 12.7 Å². The van der Waals surface area contributed by atoms with Crippen LogP contribution in [0.4, 0.5) is 5.82 Å². The van der Waals surface area contributed by atoms with Gasteiger partial charge in [-0.05, 0) is 24.3 Å². The number of nitrogens with one attached hydrogen (secondary N) is 1. The number of ether oxygens (including phenoxy) is 1. The zero-order valence-corrected chi connectivity index (χ0v) is 18.1. The minimum Gasteiger partial charge on any atom is -0.497 e. The molecule has 5 rings (SSSR count). The van der Waals surface area contributed by atoms with E-state index in [1.54, 1.807) is 29.5 Å². The molecule has 1 saturated heterocycles. The number of hydrogen-bond acceptors (Lipinski definition) is 9. The van der Waals surface area contributed by atoms with Crippen molar-refractivity contribution in [2.45, 2.75) is 6.54 Å². The van der Waals surface area contributed by atoms with Crippen LogP contribution in [0.5, 0.6) is 5.75 Å². The van der Waals surface area contributed by atoms with Crippen molar-refractivity contribution in [2.75, 3.05) is 25.1 Å². The van der Waals surface area contributed by atoms with E-state index in [1.807, 2.05) is 40.6 Å². The molecule has 0 aliphatic carbocycles. The van der Waals surface area contributed by atoms with Crippen LogP contribution in [-0.4, -0.2) is 55.8 Å². The van der Waals surface area contributed by atoms with Crippen LogP contribution in [0.3, 0.4) is 0 Å². The SMILES string of the molecule is COc1ccc(-c2nc(CNC(=O)C3CN(c4cc(-n5cncn5)ncn4)C3)cs2)cc1. The summed E-state index contributed by atoms with van der Waals surface area (Å²) in [4.78, 5) is 31.7. The van der Waals surface area contributed by atoms with Crippen molar-refractivity contribution in [3.8, 4) is 22.1 Å². The maximum atomic E-state index is 12.5. The molecule has 0 bridgehead atoms. The first-order valence-corrected chi connectivity index (χ1v) is 10.9. The van der Waals surface area contributed by atoms with E-state index >= 15 is 0 Å². The number of aromatic nitrogens is 6. The summed E-state index contributed by atoms with van der Waals surface area (Å²) < 4.78 is 6.76. The first-order chi connectivity index (χ1) is 15.7. The second-order valence-corrected chi connectivity index (χ2v) is 8.12. The Kier molecular flexibility index (Phi) is 5.46. The van der Waals surface area contributed by atoms with Crippen molar-refractivity contribution in [2.24, 2.45) is 5.92 Å². The lowest BCUT2D eigenvalue weighted by Crippen LogP contribution is -2.54. The van der Waals surface area contributed by atoms with Gasteiger partial charge in [-0.1, -0.05) is 0 Å². The Morgan fingerprint density at radius 2 is 2.00 bits per heavy atom. The highest BCUT2D eigenvalue weighted by Gasteiger charge is 2.33. The Morgan fingerprint density at radius 1 is 1.19 bits per heavy atom. The van der Waals surface area contributed by atoms with Crippen LogP contribution >= 0.6 is 11.3 Å². The number of rotatable bonds is 7. The molecule has 1 amide bonds. The van der Waals surface area contributed by atoms with Crippen molar-refractivity contribution in [3.05, 3.63) is 60.4 Å². The molecule has 0 saturated carbocycles. The molecule has 10 nitrogen and oxygen atoms in total. The molecule has 1 aliphatic rings. The molecule has 11 heteroatoms. The summed E-state index contributed by atoms with van der Waals surface area (Å²) >= 11 is 1.56. The molecule has 1 fully saturated rings. The molecule has 4 aromatic rings. The van der Waals surface area contributed by atoms with Gasteiger partial charge in [-0.15, -0.1) is 11.3 Å². The van der Waals surface area contributed by atoms with Gasteiger partial charge in [0.1, 0.15) is 35.6 Å². The number of methoxy groups -OCH3 is 1. The van der Waals surface area contributed by atoms with Gasteiger partial charge in [-0.3, -0.25) is 4.79 Å². The molecule has 0 unspecified atom stereocenters. The summed E-state index contributed by atoms with van der Waals surface area (Å²) in [5.41, 5.74) is 1.87. The quantitative estimate of drug-likeness (QED) is 0.457. The van der Waals surface area contributed by atoms with E-state index in [0.717, 1.165) is 27.8 Å². The van der Waals surface area contributed by atoms with E-state index in [2.05, 4.69) is 30.4 Å². The second kappa shape index (κ2) is 8.71. The van der Waals surface area contributed by atoms with Crippen LogP contribution in [0.2, 0.25) is 0 Å². The van der Waals surface area contributed by atoms with Gasteiger partial charge >= 0.3 is 0 Å². The number of carbonyl (C=O) groups is 1. The van der Waals surface area contributed by atoms with Crippen LogP contribution in [0, 0.1) is 5.92 Å². The summed E-state index contributed by atoms with van der Waals surface area (Å²) in [6.07, 6.45) is 4.52. The number of amides is 1. The molecule has 4 heterocycles. The minimum atomic E-state index is -0.0838. The summed E-state index contributed by atoms with van der Waals surface area (Å²) in [5, 5.41) is 9.96. The molecule has 32 heavy (non-hydrogen) atoms. The molecular formula is C21H20N8O2S. The maximum Gasteiger partial charge on any atom is 0.227 e. The molecule has 3 aromatic heterocycles. The second-order valence-electron chi connectivity index (χ2n) is 7.27. The first-order valence-electron chi connectivity index (χ1n) is 9.98. The van der Waals surface area contributed by atoms with Crippen LogP contribution in [0.15, 0.2) is 54.7 Å². The first kappa shape index (κ1) is 20.1. The fourth-order valence-corrected chi connectivity index (χ4v) is 4.20. The average Bonchev–Trinajstić information content (AvgIpc) is 3.50. The lowest BCUT2D eigenvalue weighted by atomic mass is 9.99. The van der Waals surface area contributed by atoms with Gasteiger partial charge in [0.05, 0.1) is 25.3 Å². The fourth-order valence-electron chi connectivity index (χ4n) is 3.37. The monoisotopic (exact) mass is 448 g/mol. The summed E-state index contributed by atoms with van der Waals surface area (Å²) in [6, 6.07) is 9.60. The number of hydrogen-bond donors (Lipinski definition) is 1. The fraction of sp³-hybridized carbons (Fsp3) is 0.238. The topological polar surface area (TPSA) is 111 Å². The maximum absolute atomic E-state index is 12.5. The van der Waals surface area contributed by atoms with Crippen molar-refractivity contribution in [1.82, 2.24) is 35.0 Å². The van der Waals surface area contributed by atoms with Crippen LogP contribution in [0.25, 0.3) is 16.4 Å². The Morgan fingerprint density at radius 3 is 2.75 bits per heavy atom. The van der Waals surface area contributed by atoms with E-state index < -0.39 is 0 Å². The Labute approximate surface area is 187 Å². The predicted molar refractivity (Wildman–Crippen MR) is 119 cm³/mol. The van der Waals surface area contributed by atoms with Gasteiger partial charge < -0.3 is 15.0 Å². The Hall–Kier alpha value is -3.86. The predicted octanol–water partition coefficient (Wildman–Crippen LogP) is 1.94. The van der Waals surface area contributed by atoms with Gasteiger partial charge in [0, 0.05) is 30.1 Å². The lowest BCUT2D eigenvalue weighted by molar-refractivity contribution is -0.125. The smallest absolute Gasteiger partial charge is 0.227 e. The van der Waals surface area contributed by atoms with Crippen molar-refractivity contribution >= 4 is 23.1 Å². The molecule has 0 radical (unpaired) electrons. The van der Waals surface area contributed by atoms with Crippen molar-refractivity contribution in [1.29, 1.82) is 0 Å². The largest absolute Gasteiger partial charge is 0.497 e. The third-order valence-electron chi connectivity index (χ3n) is 5.20. The van der Waals surface area contributed by atoms with E-state index in [0.29, 0.717) is 25.5 Å². The highest BCUT2D eigenvalue weighted by molar-refractivity contribution is 7.13. The molecule has 1 aliphatic heterocycles. The third kappa shape index (κ3) is 4.14. The van der Waals surface area contributed by atoms with Gasteiger partial charge in [0.15, 0.2) is 5.82 Å². The van der Waals surface area contributed by atoms with Crippen LogP contribution in [0.1, 0.15) is 5.69 Å². The van der Waals surface area contributed by atoms with Crippen molar-refractivity contribution < 1.29 is 9.53 Å². The van der Waals surface area contributed by atoms with Gasteiger partial charge in [-0.2, -0.15) is 5.10 Å². The Balaban J connectivity index is 1.13. The van der Waals surface area contributed by atoms with E-state index in [9.17, 15) is 4.79 Å². The number of nitrogens with zero attached hydrogens (tertiary/aromatic N) is 7. The molecule has 1 aromatic carbocycles. The third-order valence-corrected chi connectivity index (χ3v) is 6.14. The average molecular weight is 449 g/mol. The standard InChI is InChI=1S/C21H20N8O2S/c1-31-17-4-2-14(3-5-17)21-27-16(10-32-21)7-23-20(30)15-8-28(9-15)18-6-19(25-12-24-18)29-13-22-11-26-29/h2-6,10-13,15H,7-9H2,1H3,(H,23,30). The van der Waals surface area contributed by atoms with Crippen LogP contribution < -0.4 is 15.0 Å². The molecular weight excluding hydrogens is 428 g/mol. The highest BCUT2D eigenvalue weighted by Crippen LogP contribution is 2.26. The summed E-state index contributed by atoms with van der Waals surface area (Å²) in [7, 11) is 1.64. The van der Waals surface area contributed by atoms with Crippen LogP contribution in [-0.2, 0) is 11.3 Å². The number of anilines is 1. The summed E-state index contributed by atoms with van der Waals surface area (Å²) in [6.45, 7) is 1.62.